The van der Waals surface area contributed by atoms with E-state index >= 15 is 0 Å². The van der Waals surface area contributed by atoms with Gasteiger partial charge in [-0.2, -0.15) is 0 Å². The van der Waals surface area contributed by atoms with Crippen molar-refractivity contribution in [3.05, 3.63) is 53.3 Å². The van der Waals surface area contributed by atoms with Gasteiger partial charge in [-0.05, 0) is 85.5 Å². The van der Waals surface area contributed by atoms with E-state index in [1.165, 1.54) is 6.20 Å². The van der Waals surface area contributed by atoms with Gasteiger partial charge in [-0.25, -0.2) is 4.79 Å². The molecule has 2 N–H and O–H groups in total. The van der Waals surface area contributed by atoms with E-state index in [4.69, 9.17) is 4.74 Å². The van der Waals surface area contributed by atoms with E-state index in [9.17, 15) is 15.0 Å². The quantitative estimate of drug-likeness (QED) is 0.590. The van der Waals surface area contributed by atoms with Gasteiger partial charge in [0, 0.05) is 24.0 Å². The van der Waals surface area contributed by atoms with Gasteiger partial charge in [-0.15, -0.1) is 0 Å². The molecule has 1 heterocycles. The summed E-state index contributed by atoms with van der Waals surface area (Å²) in [5, 5.41) is 20.8. The highest BCUT2D eigenvalue weighted by Gasteiger charge is 2.54. The summed E-state index contributed by atoms with van der Waals surface area (Å²) in [7, 11) is 0. The number of aliphatic hydroxyl groups excluding tert-OH is 1. The first-order valence-electron chi connectivity index (χ1n) is 10.6. The lowest BCUT2D eigenvalue weighted by Crippen LogP contribution is -2.44. The van der Waals surface area contributed by atoms with Gasteiger partial charge in [-0.3, -0.25) is 4.98 Å². The number of hydrogen-bond acceptors (Lipinski definition) is 5. The van der Waals surface area contributed by atoms with E-state index in [1.807, 2.05) is 6.07 Å². The molecule has 2 saturated carbocycles. The lowest BCUT2D eigenvalue weighted by atomic mass is 9.55. The van der Waals surface area contributed by atoms with Crippen LogP contribution in [0.4, 0.5) is 0 Å². The summed E-state index contributed by atoms with van der Waals surface area (Å²) >= 11 is 0. The summed E-state index contributed by atoms with van der Waals surface area (Å²) < 4.78 is 5.80. The molecular weight excluding hydrogens is 366 g/mol. The monoisotopic (exact) mass is 393 g/mol. The van der Waals surface area contributed by atoms with Gasteiger partial charge < -0.3 is 14.9 Å². The molecule has 0 amide bonds. The molecule has 0 saturated heterocycles. The van der Waals surface area contributed by atoms with Crippen molar-refractivity contribution in [1.29, 1.82) is 0 Å². The molecule has 0 unspecified atom stereocenters. The average Bonchev–Trinajstić information content (AvgIpc) is 3.03. The number of phenolic OH excluding ortho intramolecular Hbond substituents is 1. The normalized spacial score (nSPS) is 32.8. The minimum absolute atomic E-state index is 0.00212. The van der Waals surface area contributed by atoms with Crippen LogP contribution >= 0.6 is 0 Å². The Labute approximate surface area is 170 Å². The molecule has 3 aliphatic carbocycles. The molecule has 2 fully saturated rings. The lowest BCUT2D eigenvalue weighted by molar-refractivity contribution is -0.0229. The molecule has 29 heavy (non-hydrogen) atoms. The number of rotatable bonds is 2. The van der Waals surface area contributed by atoms with Gasteiger partial charge in [0.25, 0.3) is 0 Å². The molecule has 5 nitrogen and oxygen atoms in total. The summed E-state index contributed by atoms with van der Waals surface area (Å²) in [4.78, 5) is 16.7. The van der Waals surface area contributed by atoms with Crippen LogP contribution in [-0.2, 0) is 6.42 Å². The van der Waals surface area contributed by atoms with Crippen LogP contribution in [0.3, 0.4) is 0 Å². The van der Waals surface area contributed by atoms with Crippen molar-refractivity contribution >= 4 is 5.97 Å². The van der Waals surface area contributed by atoms with Gasteiger partial charge in [-0.1, -0.05) is 6.92 Å². The fourth-order valence-corrected chi connectivity index (χ4v) is 6.37. The Hall–Kier alpha value is -2.40. The number of aryl methyl sites for hydroxylation is 1. The summed E-state index contributed by atoms with van der Waals surface area (Å²) in [6, 6.07) is 6.79. The van der Waals surface area contributed by atoms with Gasteiger partial charge in [0.2, 0.25) is 0 Å². The van der Waals surface area contributed by atoms with Crippen molar-refractivity contribution < 1.29 is 19.7 Å². The van der Waals surface area contributed by atoms with Crippen LogP contribution in [0.2, 0.25) is 0 Å². The highest BCUT2D eigenvalue weighted by molar-refractivity contribution is 5.91. The fourth-order valence-electron chi connectivity index (χ4n) is 6.37. The smallest absolute Gasteiger partial charge is 0.345 e. The predicted molar refractivity (Wildman–Crippen MR) is 108 cm³/mol. The third kappa shape index (κ3) is 2.94. The highest BCUT2D eigenvalue weighted by Crippen LogP contribution is 2.62. The predicted octanol–water partition coefficient (Wildman–Crippen LogP) is 4.22. The van der Waals surface area contributed by atoms with Crippen molar-refractivity contribution in [1.82, 2.24) is 4.98 Å². The summed E-state index contributed by atoms with van der Waals surface area (Å²) in [6.45, 7) is 2.25. The number of aromatic hydroxyl groups is 1. The second kappa shape index (κ2) is 6.84. The molecular formula is C24H27NO4. The second-order valence-electron chi connectivity index (χ2n) is 9.20. The van der Waals surface area contributed by atoms with E-state index in [-0.39, 0.29) is 17.3 Å². The van der Waals surface area contributed by atoms with Crippen LogP contribution in [0.15, 0.2) is 36.7 Å². The number of carbonyl (C=O) groups excluding carboxylic acids is 1. The van der Waals surface area contributed by atoms with Crippen LogP contribution in [0.1, 0.15) is 66.4 Å². The van der Waals surface area contributed by atoms with Crippen LogP contribution in [0.5, 0.6) is 11.5 Å². The van der Waals surface area contributed by atoms with E-state index in [2.05, 4.69) is 11.9 Å². The highest BCUT2D eigenvalue weighted by atomic mass is 16.5. The average molecular weight is 393 g/mol. The van der Waals surface area contributed by atoms with Crippen molar-refractivity contribution in [2.45, 2.75) is 57.5 Å². The zero-order chi connectivity index (χ0) is 20.2. The number of fused-ring (bicyclic) bond motifs is 5. The summed E-state index contributed by atoms with van der Waals surface area (Å²) in [5.41, 5.74) is 2.57. The van der Waals surface area contributed by atoms with Crippen LogP contribution in [0.25, 0.3) is 0 Å². The molecule has 1 aromatic carbocycles. The number of benzene rings is 1. The van der Waals surface area contributed by atoms with E-state index in [1.54, 1.807) is 24.4 Å². The van der Waals surface area contributed by atoms with Crippen molar-refractivity contribution in [2.75, 3.05) is 0 Å². The number of phenols is 1. The molecule has 1 aromatic heterocycles. The van der Waals surface area contributed by atoms with Crippen molar-refractivity contribution in [3.63, 3.8) is 0 Å². The Morgan fingerprint density at radius 3 is 2.90 bits per heavy atom. The first-order chi connectivity index (χ1) is 14.0. The van der Waals surface area contributed by atoms with E-state index in [0.717, 1.165) is 49.7 Å². The van der Waals surface area contributed by atoms with Crippen LogP contribution in [-0.4, -0.2) is 27.3 Å². The third-order valence-corrected chi connectivity index (χ3v) is 7.82. The molecule has 3 aliphatic rings. The van der Waals surface area contributed by atoms with Crippen LogP contribution < -0.4 is 4.74 Å². The number of esters is 1. The molecule has 5 rings (SSSR count). The number of aromatic nitrogens is 1. The van der Waals surface area contributed by atoms with E-state index in [0.29, 0.717) is 29.1 Å². The van der Waals surface area contributed by atoms with Gasteiger partial charge in [0.05, 0.1) is 11.7 Å². The number of hydrogen-bond donors (Lipinski definition) is 2. The fraction of sp³-hybridized carbons (Fsp3) is 0.500. The Morgan fingerprint density at radius 2 is 2.10 bits per heavy atom. The number of nitrogens with zero attached hydrogens (tertiary/aromatic N) is 1. The zero-order valence-corrected chi connectivity index (χ0v) is 16.7. The van der Waals surface area contributed by atoms with Gasteiger partial charge in [0.15, 0.2) is 0 Å². The maximum atomic E-state index is 12.7. The molecule has 2 aromatic rings. The molecule has 0 spiro atoms. The maximum Gasteiger partial charge on any atom is 0.345 e. The topological polar surface area (TPSA) is 79.7 Å². The summed E-state index contributed by atoms with van der Waals surface area (Å²) in [5.74, 6) is 1.45. The Bertz CT molecular complexity index is 943. The maximum absolute atomic E-state index is 12.7. The number of ether oxygens (including phenoxy) is 1. The van der Waals surface area contributed by atoms with Crippen molar-refractivity contribution in [2.24, 2.45) is 17.3 Å². The molecule has 5 atom stereocenters. The van der Waals surface area contributed by atoms with Crippen LogP contribution in [0, 0.1) is 17.3 Å². The Morgan fingerprint density at radius 1 is 1.24 bits per heavy atom. The molecule has 0 radical (unpaired) electrons. The molecule has 152 valence electrons. The Balaban J connectivity index is 1.51. The van der Waals surface area contributed by atoms with Gasteiger partial charge in [0.1, 0.15) is 11.5 Å². The molecule has 0 aliphatic heterocycles. The largest absolute Gasteiger partial charge is 0.508 e. The molecule has 0 bridgehead atoms. The number of carbonyl (C=O) groups is 1. The second-order valence-corrected chi connectivity index (χ2v) is 9.20. The summed E-state index contributed by atoms with van der Waals surface area (Å²) in [6.07, 6.45) is 8.73. The van der Waals surface area contributed by atoms with Gasteiger partial charge >= 0.3 is 5.97 Å². The van der Waals surface area contributed by atoms with Crippen molar-refractivity contribution in [3.8, 4) is 11.5 Å². The minimum Gasteiger partial charge on any atom is -0.508 e. The Kier molecular flexibility index (Phi) is 4.39. The molecule has 5 heteroatoms. The lowest BCUT2D eigenvalue weighted by Gasteiger charge is -2.50. The number of aliphatic hydroxyl groups is 1. The first kappa shape index (κ1) is 18.6. The van der Waals surface area contributed by atoms with E-state index < -0.39 is 5.97 Å². The standard InChI is InChI=1S/C24H27NO4/c1-24-9-8-18-17(19(24)6-7-21(24)27)5-4-14-11-16(26)12-20(22(14)18)29-23(28)15-3-2-10-25-13-15/h2-3,10-13,17-19,21,26-27H,4-9H2,1H3/t17-,18-,19-,21-,24-/m0/s1. The zero-order valence-electron chi connectivity index (χ0n) is 16.7. The minimum atomic E-state index is -0.454. The number of pyridine rings is 1. The SMILES string of the molecule is C[C@]12CC[C@@H]3c4c(cc(O)cc4OC(=O)c4cccnc4)CC[C@@H]3[C@@H]1CC[C@@H]2O. The first-order valence-corrected chi connectivity index (χ1v) is 10.6. The third-order valence-electron chi connectivity index (χ3n) is 7.82.